The quantitative estimate of drug-likeness (QED) is 0.736. The summed E-state index contributed by atoms with van der Waals surface area (Å²) in [6, 6.07) is 9.36. The minimum Gasteiger partial charge on any atom is -0.369 e. The third-order valence-electron chi connectivity index (χ3n) is 3.38. The zero-order chi connectivity index (χ0) is 13.5. The predicted octanol–water partition coefficient (Wildman–Crippen LogP) is 4.11. The van der Waals surface area contributed by atoms with Gasteiger partial charge in [-0.3, -0.25) is 0 Å². The molecule has 0 unspecified atom stereocenters. The summed E-state index contributed by atoms with van der Waals surface area (Å²) >= 11 is 0. The smallest absolute Gasteiger partial charge is 0.0368 e. The van der Waals surface area contributed by atoms with Crippen LogP contribution in [0.25, 0.3) is 0 Å². The fourth-order valence-corrected chi connectivity index (χ4v) is 2.19. The Kier molecular flexibility index (Phi) is 6.20. The molecule has 2 heteroatoms. The molecule has 0 saturated carbocycles. The molecule has 0 radical (unpaired) electrons. The van der Waals surface area contributed by atoms with Gasteiger partial charge >= 0.3 is 0 Å². The monoisotopic (exact) mass is 248 g/mol. The highest BCUT2D eigenvalue weighted by Crippen LogP contribution is 2.20. The summed E-state index contributed by atoms with van der Waals surface area (Å²) in [7, 11) is 0. The molecule has 0 heterocycles. The first kappa shape index (κ1) is 15.0. The average molecular weight is 248 g/mol. The minimum absolute atomic E-state index is 0.117. The number of benzene rings is 1. The minimum atomic E-state index is 0.117. The Balaban J connectivity index is 2.72. The van der Waals surface area contributed by atoms with Gasteiger partial charge in [-0.05, 0) is 44.9 Å². The van der Waals surface area contributed by atoms with E-state index in [1.807, 2.05) is 6.92 Å². The van der Waals surface area contributed by atoms with Crippen LogP contribution in [0.15, 0.2) is 24.3 Å². The molecule has 0 saturated heterocycles. The second-order valence-electron chi connectivity index (χ2n) is 5.37. The van der Waals surface area contributed by atoms with Crippen molar-refractivity contribution in [1.82, 2.24) is 0 Å². The molecule has 1 atom stereocenters. The Morgan fingerprint density at radius 1 is 1.06 bits per heavy atom. The Morgan fingerprint density at radius 2 is 1.67 bits per heavy atom. The molecule has 0 aromatic heterocycles. The Labute approximate surface area is 112 Å². The second kappa shape index (κ2) is 7.42. The van der Waals surface area contributed by atoms with Crippen molar-refractivity contribution in [1.29, 1.82) is 0 Å². The van der Waals surface area contributed by atoms with Crippen molar-refractivity contribution in [2.45, 2.75) is 59.0 Å². The van der Waals surface area contributed by atoms with Crippen LogP contribution >= 0.6 is 0 Å². The highest BCUT2D eigenvalue weighted by atomic mass is 15.1. The van der Waals surface area contributed by atoms with E-state index in [2.05, 4.69) is 49.9 Å². The number of rotatable bonds is 7. The van der Waals surface area contributed by atoms with Gasteiger partial charge in [-0.15, -0.1) is 0 Å². The molecule has 0 amide bonds. The van der Waals surface area contributed by atoms with Gasteiger partial charge in [0.1, 0.15) is 0 Å². The number of unbranched alkanes of at least 4 members (excludes halogenated alkanes) is 2. The van der Waals surface area contributed by atoms with Crippen molar-refractivity contribution < 1.29 is 0 Å². The largest absolute Gasteiger partial charge is 0.369 e. The van der Waals surface area contributed by atoms with Crippen LogP contribution < -0.4 is 10.6 Å². The lowest BCUT2D eigenvalue weighted by Gasteiger charge is -2.29. The third kappa shape index (κ3) is 4.34. The normalized spacial score (nSPS) is 12.8. The molecule has 0 spiro atoms. The van der Waals surface area contributed by atoms with Crippen LogP contribution in [-0.4, -0.2) is 12.6 Å². The van der Waals surface area contributed by atoms with Crippen molar-refractivity contribution in [2.24, 2.45) is 5.73 Å². The van der Waals surface area contributed by atoms with Crippen LogP contribution in [0.3, 0.4) is 0 Å². The van der Waals surface area contributed by atoms with Crippen LogP contribution in [0.5, 0.6) is 0 Å². The van der Waals surface area contributed by atoms with Crippen LogP contribution in [0.2, 0.25) is 0 Å². The molecule has 0 aliphatic rings. The second-order valence-corrected chi connectivity index (χ2v) is 5.37. The van der Waals surface area contributed by atoms with E-state index in [1.165, 1.54) is 30.5 Å². The summed E-state index contributed by atoms with van der Waals surface area (Å²) in [5.74, 6) is 0. The van der Waals surface area contributed by atoms with Crippen molar-refractivity contribution in [3.8, 4) is 0 Å². The summed E-state index contributed by atoms with van der Waals surface area (Å²) < 4.78 is 0. The highest BCUT2D eigenvalue weighted by molar-refractivity contribution is 5.48. The van der Waals surface area contributed by atoms with Crippen molar-refractivity contribution in [2.75, 3.05) is 11.4 Å². The lowest BCUT2D eigenvalue weighted by molar-refractivity contribution is 0.626. The number of nitrogens with two attached hydrogens (primary N) is 1. The molecule has 0 aliphatic heterocycles. The zero-order valence-electron chi connectivity index (χ0n) is 12.3. The fraction of sp³-hybridized carbons (Fsp3) is 0.625. The van der Waals surface area contributed by atoms with Crippen LogP contribution in [0, 0.1) is 0 Å². The number of hydrogen-bond acceptors (Lipinski definition) is 2. The maximum Gasteiger partial charge on any atom is 0.0368 e. The van der Waals surface area contributed by atoms with Gasteiger partial charge in [0.15, 0.2) is 0 Å². The van der Waals surface area contributed by atoms with Gasteiger partial charge in [-0.1, -0.05) is 31.9 Å². The van der Waals surface area contributed by atoms with Gasteiger partial charge in [-0.2, -0.15) is 0 Å². The molecule has 18 heavy (non-hydrogen) atoms. The van der Waals surface area contributed by atoms with Crippen molar-refractivity contribution >= 4 is 5.69 Å². The molecule has 0 bridgehead atoms. The number of hydrogen-bond donors (Lipinski definition) is 1. The first-order valence-electron chi connectivity index (χ1n) is 7.18. The lowest BCUT2D eigenvalue weighted by Crippen LogP contribution is -2.31. The van der Waals surface area contributed by atoms with E-state index in [1.54, 1.807) is 0 Å². The first-order chi connectivity index (χ1) is 8.56. The standard InChI is InChI=1S/C16H28N2/c1-5-6-7-12-18(13(2)3)16-10-8-15(9-11-16)14(4)17/h8-11,13-14H,5-7,12,17H2,1-4H3/t14-/m0/s1. The highest BCUT2D eigenvalue weighted by Gasteiger charge is 2.10. The van der Waals surface area contributed by atoms with E-state index in [0.717, 1.165) is 6.54 Å². The molecule has 0 aliphatic carbocycles. The van der Waals surface area contributed by atoms with E-state index in [9.17, 15) is 0 Å². The van der Waals surface area contributed by atoms with E-state index < -0.39 is 0 Å². The molecule has 1 aromatic carbocycles. The Bertz CT molecular complexity index is 327. The topological polar surface area (TPSA) is 29.3 Å². The van der Waals surface area contributed by atoms with E-state index in [4.69, 9.17) is 5.73 Å². The predicted molar refractivity (Wildman–Crippen MR) is 81.1 cm³/mol. The van der Waals surface area contributed by atoms with E-state index >= 15 is 0 Å². The molecule has 1 rings (SSSR count). The molecule has 102 valence electrons. The lowest BCUT2D eigenvalue weighted by atomic mass is 10.1. The van der Waals surface area contributed by atoms with Gasteiger partial charge in [-0.25, -0.2) is 0 Å². The van der Waals surface area contributed by atoms with Gasteiger partial charge < -0.3 is 10.6 Å². The Morgan fingerprint density at radius 3 is 2.11 bits per heavy atom. The maximum atomic E-state index is 5.88. The Hall–Kier alpha value is -1.02. The van der Waals surface area contributed by atoms with Gasteiger partial charge in [0, 0.05) is 24.3 Å². The molecular formula is C16H28N2. The van der Waals surface area contributed by atoms with E-state index in [-0.39, 0.29) is 6.04 Å². The zero-order valence-corrected chi connectivity index (χ0v) is 12.3. The number of anilines is 1. The van der Waals surface area contributed by atoms with Gasteiger partial charge in [0.2, 0.25) is 0 Å². The van der Waals surface area contributed by atoms with Crippen molar-refractivity contribution in [3.05, 3.63) is 29.8 Å². The van der Waals surface area contributed by atoms with Gasteiger partial charge in [0.05, 0.1) is 0 Å². The molecule has 1 aromatic rings. The summed E-state index contributed by atoms with van der Waals surface area (Å²) in [5, 5.41) is 0. The fourth-order valence-electron chi connectivity index (χ4n) is 2.19. The van der Waals surface area contributed by atoms with E-state index in [0.29, 0.717) is 6.04 Å². The summed E-state index contributed by atoms with van der Waals surface area (Å²) in [4.78, 5) is 2.47. The summed E-state index contributed by atoms with van der Waals surface area (Å²) in [6.45, 7) is 9.92. The van der Waals surface area contributed by atoms with Crippen LogP contribution in [0.4, 0.5) is 5.69 Å². The van der Waals surface area contributed by atoms with Crippen LogP contribution in [0.1, 0.15) is 58.6 Å². The number of nitrogens with zero attached hydrogens (tertiary/aromatic N) is 1. The molecule has 2 N–H and O–H groups in total. The molecule has 2 nitrogen and oxygen atoms in total. The SMILES string of the molecule is CCCCCN(c1ccc([C@H](C)N)cc1)C(C)C. The maximum absolute atomic E-state index is 5.88. The molecule has 0 fully saturated rings. The first-order valence-corrected chi connectivity index (χ1v) is 7.18. The molecular weight excluding hydrogens is 220 g/mol. The van der Waals surface area contributed by atoms with Crippen LogP contribution in [-0.2, 0) is 0 Å². The third-order valence-corrected chi connectivity index (χ3v) is 3.38. The van der Waals surface area contributed by atoms with Crippen molar-refractivity contribution in [3.63, 3.8) is 0 Å². The average Bonchev–Trinajstić information content (AvgIpc) is 2.34. The summed E-state index contributed by atoms with van der Waals surface area (Å²) in [6.07, 6.45) is 3.85. The van der Waals surface area contributed by atoms with Gasteiger partial charge in [0.25, 0.3) is 0 Å². The summed E-state index contributed by atoms with van der Waals surface area (Å²) in [5.41, 5.74) is 8.40.